The maximum Gasteiger partial charge on any atom is 0.265 e. The Morgan fingerprint density at radius 3 is 2.83 bits per heavy atom. The van der Waals surface area contributed by atoms with Gasteiger partial charge in [0.05, 0.1) is 11.8 Å². The lowest BCUT2D eigenvalue weighted by Gasteiger charge is -2.17. The molecule has 24 heavy (non-hydrogen) atoms. The molecule has 1 aromatic carbocycles. The lowest BCUT2D eigenvalue weighted by molar-refractivity contribution is -1.21. The van der Waals surface area contributed by atoms with Crippen LogP contribution >= 0.6 is 11.8 Å². The van der Waals surface area contributed by atoms with Gasteiger partial charge in [0, 0.05) is 5.75 Å². The molecule has 1 fully saturated rings. The van der Waals surface area contributed by atoms with Crippen molar-refractivity contribution >= 4 is 28.5 Å². The second kappa shape index (κ2) is 8.90. The van der Waals surface area contributed by atoms with Gasteiger partial charge in [-0.05, 0) is 18.9 Å². The fourth-order valence-electron chi connectivity index (χ4n) is 2.22. The standard InChI is InChI=1S/C15H19N3O5S/c1-10(14(19)17-12-7-8-24-15(12)20)16-13(9-23-18(21)22)11-5-3-2-4-6-11/h2-6,12-13,18,21H,7-9H2,1H3,(H,17,19)/b16-10+/t12?,13-/m0/s1. The maximum atomic E-state index is 12.2. The number of thioether (sulfide) groups is 1. The molecular weight excluding hydrogens is 334 g/mol. The van der Waals surface area contributed by atoms with Gasteiger partial charge >= 0.3 is 0 Å². The molecule has 1 aromatic rings. The summed E-state index contributed by atoms with van der Waals surface area (Å²) >= 11 is 1.20. The van der Waals surface area contributed by atoms with Gasteiger partial charge in [-0.25, -0.2) is 0 Å². The molecule has 0 bridgehead atoms. The molecule has 1 aliphatic heterocycles. The highest BCUT2D eigenvalue weighted by Gasteiger charge is 2.27. The van der Waals surface area contributed by atoms with Crippen LogP contribution < -0.4 is 10.7 Å². The van der Waals surface area contributed by atoms with Crippen LogP contribution in [0.15, 0.2) is 35.3 Å². The molecule has 0 saturated carbocycles. The fourth-order valence-corrected chi connectivity index (χ4v) is 3.15. The lowest BCUT2D eigenvalue weighted by atomic mass is 10.1. The molecule has 0 aromatic heterocycles. The zero-order valence-electron chi connectivity index (χ0n) is 13.1. The molecule has 1 heterocycles. The Hall–Kier alpha value is -1.78. The number of rotatable bonds is 7. The summed E-state index contributed by atoms with van der Waals surface area (Å²) in [6.45, 7) is 1.33. The summed E-state index contributed by atoms with van der Waals surface area (Å²) < 4.78 is 0. The third-order valence-corrected chi connectivity index (χ3v) is 4.48. The first-order valence-corrected chi connectivity index (χ1v) is 8.38. The minimum atomic E-state index is -1.40. The van der Waals surface area contributed by atoms with Gasteiger partial charge in [0.1, 0.15) is 12.6 Å². The Kier molecular flexibility index (Phi) is 6.88. The van der Waals surface area contributed by atoms with Crippen molar-refractivity contribution in [2.24, 2.45) is 4.99 Å². The van der Waals surface area contributed by atoms with Crippen LogP contribution in [-0.4, -0.2) is 40.3 Å². The summed E-state index contributed by atoms with van der Waals surface area (Å²) in [6.07, 6.45) is 0.604. The number of hydrogen-bond donors (Lipinski definition) is 3. The molecule has 2 unspecified atom stereocenters. The number of aliphatic imine (C=N–C) groups is 1. The molecule has 1 aliphatic rings. The van der Waals surface area contributed by atoms with E-state index in [1.807, 2.05) is 6.07 Å². The molecule has 0 radical (unpaired) electrons. The second-order valence-electron chi connectivity index (χ2n) is 5.20. The van der Waals surface area contributed by atoms with Crippen LogP contribution in [0.25, 0.3) is 0 Å². The number of carbonyl (C=O) groups excluding carboxylic acids is 2. The number of carbonyl (C=O) groups is 2. The third kappa shape index (κ3) is 5.39. The summed E-state index contributed by atoms with van der Waals surface area (Å²) in [4.78, 5) is 32.7. The van der Waals surface area contributed by atoms with Crippen LogP contribution in [0.5, 0.6) is 0 Å². The normalized spacial score (nSPS) is 20.7. The van der Waals surface area contributed by atoms with Gasteiger partial charge in [0.25, 0.3) is 5.91 Å². The Morgan fingerprint density at radius 1 is 1.54 bits per heavy atom. The van der Waals surface area contributed by atoms with Crippen molar-refractivity contribution in [3.8, 4) is 0 Å². The van der Waals surface area contributed by atoms with Crippen LogP contribution in [0, 0.1) is 5.21 Å². The van der Waals surface area contributed by atoms with E-state index < -0.39 is 23.4 Å². The van der Waals surface area contributed by atoms with Gasteiger partial charge in [-0.3, -0.25) is 14.6 Å². The van der Waals surface area contributed by atoms with Crippen molar-refractivity contribution in [2.45, 2.75) is 25.4 Å². The quantitative estimate of drug-likeness (QED) is 0.471. The first-order chi connectivity index (χ1) is 11.5. The van der Waals surface area contributed by atoms with Crippen molar-refractivity contribution in [1.82, 2.24) is 5.32 Å². The topological polar surface area (TPSA) is 115 Å². The SMILES string of the molecule is C/C(=N\[C@@H](CO[NH+]([O-])O)c1ccccc1)C(=O)NC1CCSC1=O. The second-order valence-corrected chi connectivity index (χ2v) is 6.30. The van der Waals surface area contributed by atoms with Gasteiger partial charge in [-0.1, -0.05) is 47.5 Å². The third-order valence-electron chi connectivity index (χ3n) is 3.47. The van der Waals surface area contributed by atoms with Crippen LogP contribution in [0.1, 0.15) is 24.9 Å². The predicted molar refractivity (Wildman–Crippen MR) is 88.4 cm³/mol. The molecule has 3 N–H and O–H groups in total. The summed E-state index contributed by atoms with van der Waals surface area (Å²) in [7, 11) is 0. The van der Waals surface area contributed by atoms with Gasteiger partial charge < -0.3 is 10.5 Å². The Bertz CT molecular complexity index is 608. The van der Waals surface area contributed by atoms with Crippen molar-refractivity contribution < 1.29 is 25.0 Å². The van der Waals surface area contributed by atoms with E-state index in [1.54, 1.807) is 24.3 Å². The van der Waals surface area contributed by atoms with Gasteiger partial charge in [-0.2, -0.15) is 10.0 Å². The molecular formula is C15H19N3O5S. The summed E-state index contributed by atoms with van der Waals surface area (Å²) in [5.41, 5.74) is 0.904. The maximum absolute atomic E-state index is 12.2. The van der Waals surface area contributed by atoms with E-state index in [0.717, 1.165) is 5.56 Å². The van der Waals surface area contributed by atoms with Crippen molar-refractivity contribution in [2.75, 3.05) is 12.4 Å². The molecule has 0 aliphatic carbocycles. The van der Waals surface area contributed by atoms with E-state index in [0.29, 0.717) is 12.2 Å². The van der Waals surface area contributed by atoms with Crippen molar-refractivity contribution in [1.29, 1.82) is 0 Å². The Labute approximate surface area is 143 Å². The lowest BCUT2D eigenvalue weighted by Crippen LogP contribution is -3.03. The summed E-state index contributed by atoms with van der Waals surface area (Å²) in [5, 5.41) is 20.5. The average molecular weight is 353 g/mol. The Morgan fingerprint density at radius 2 is 2.25 bits per heavy atom. The number of nitrogens with one attached hydrogen (secondary N) is 2. The van der Waals surface area contributed by atoms with Gasteiger partial charge in [0.15, 0.2) is 0 Å². The molecule has 130 valence electrons. The molecule has 8 nitrogen and oxygen atoms in total. The Balaban J connectivity index is 2.08. The number of nitrogens with zero attached hydrogens (tertiary/aromatic N) is 1. The average Bonchev–Trinajstić information content (AvgIpc) is 2.96. The van der Waals surface area contributed by atoms with Crippen LogP contribution in [0.4, 0.5) is 0 Å². The van der Waals surface area contributed by atoms with Gasteiger partial charge in [-0.15, -0.1) is 0 Å². The van der Waals surface area contributed by atoms with E-state index in [2.05, 4.69) is 15.1 Å². The van der Waals surface area contributed by atoms with E-state index >= 15 is 0 Å². The van der Waals surface area contributed by atoms with E-state index in [4.69, 9.17) is 5.21 Å². The van der Waals surface area contributed by atoms with E-state index in [-0.39, 0.29) is 17.4 Å². The van der Waals surface area contributed by atoms with Crippen molar-refractivity contribution in [3.05, 3.63) is 41.1 Å². The molecule has 0 spiro atoms. The number of quaternary nitrogens is 1. The summed E-state index contributed by atoms with van der Waals surface area (Å²) in [5.74, 6) is 0.256. The monoisotopic (exact) mass is 353 g/mol. The minimum Gasteiger partial charge on any atom is -0.566 e. The van der Waals surface area contributed by atoms with E-state index in [9.17, 15) is 14.8 Å². The van der Waals surface area contributed by atoms with Crippen LogP contribution in [0.3, 0.4) is 0 Å². The molecule has 3 atom stereocenters. The first-order valence-electron chi connectivity index (χ1n) is 7.40. The highest BCUT2D eigenvalue weighted by atomic mass is 32.2. The first kappa shape index (κ1) is 18.6. The smallest absolute Gasteiger partial charge is 0.265 e. The van der Waals surface area contributed by atoms with Gasteiger partial charge in [0.2, 0.25) is 5.12 Å². The minimum absolute atomic E-state index is 0.0510. The zero-order chi connectivity index (χ0) is 17.5. The predicted octanol–water partition coefficient (Wildman–Crippen LogP) is 0.0404. The fraction of sp³-hybridized carbons (Fsp3) is 0.400. The van der Waals surface area contributed by atoms with Crippen LogP contribution in [-0.2, 0) is 14.4 Å². The highest BCUT2D eigenvalue weighted by Crippen LogP contribution is 2.20. The molecule has 1 saturated heterocycles. The highest BCUT2D eigenvalue weighted by molar-refractivity contribution is 8.14. The van der Waals surface area contributed by atoms with Crippen LogP contribution in [0.2, 0.25) is 0 Å². The molecule has 1 amide bonds. The molecule has 9 heteroatoms. The number of benzene rings is 1. The number of amides is 1. The van der Waals surface area contributed by atoms with E-state index in [1.165, 1.54) is 18.7 Å². The number of hydrogen-bond acceptors (Lipinski definition) is 7. The molecule has 2 rings (SSSR count). The van der Waals surface area contributed by atoms with Crippen molar-refractivity contribution in [3.63, 3.8) is 0 Å². The summed E-state index contributed by atoms with van der Waals surface area (Å²) in [6, 6.07) is 7.86. The zero-order valence-corrected chi connectivity index (χ0v) is 13.9. The largest absolute Gasteiger partial charge is 0.566 e.